The van der Waals surface area contributed by atoms with Gasteiger partial charge in [0, 0.05) is 30.9 Å². The molecule has 4 nitrogen and oxygen atoms in total. The van der Waals surface area contributed by atoms with Crippen LogP contribution in [0.1, 0.15) is 44.1 Å². The molecule has 1 aromatic rings. The number of aryl methyl sites for hydroxylation is 1. The van der Waals surface area contributed by atoms with Gasteiger partial charge in [-0.1, -0.05) is 6.07 Å². The van der Waals surface area contributed by atoms with Gasteiger partial charge in [0.05, 0.1) is 6.10 Å². The quantitative estimate of drug-likeness (QED) is 0.916. The fourth-order valence-electron chi connectivity index (χ4n) is 3.69. The van der Waals surface area contributed by atoms with Crippen molar-refractivity contribution in [2.24, 2.45) is 0 Å². The molecule has 3 heterocycles. The zero-order valence-electron chi connectivity index (χ0n) is 11.7. The van der Waals surface area contributed by atoms with Gasteiger partial charge in [-0.15, -0.1) is 0 Å². The molecule has 4 heteroatoms. The summed E-state index contributed by atoms with van der Waals surface area (Å²) >= 11 is 0. The summed E-state index contributed by atoms with van der Waals surface area (Å²) in [5, 5.41) is 9.88. The fourth-order valence-corrected chi connectivity index (χ4v) is 3.69. The highest BCUT2D eigenvalue weighted by atomic mass is 16.3. The summed E-state index contributed by atoms with van der Waals surface area (Å²) in [4.78, 5) is 18.7. The molecule has 2 bridgehead atoms. The van der Waals surface area contributed by atoms with Gasteiger partial charge in [-0.3, -0.25) is 9.78 Å². The predicted octanol–water partition coefficient (Wildman–Crippen LogP) is 1.92. The van der Waals surface area contributed by atoms with Crippen molar-refractivity contribution < 1.29 is 9.90 Å². The second-order valence-corrected chi connectivity index (χ2v) is 6.03. The van der Waals surface area contributed by atoms with Crippen LogP contribution in [0.4, 0.5) is 0 Å². The summed E-state index contributed by atoms with van der Waals surface area (Å²) in [6.07, 6.45) is 9.47. The van der Waals surface area contributed by atoms with Gasteiger partial charge >= 0.3 is 0 Å². The third-order valence-corrected chi connectivity index (χ3v) is 4.59. The lowest BCUT2D eigenvalue weighted by molar-refractivity contribution is -0.143. The van der Waals surface area contributed by atoms with Gasteiger partial charge in [0.2, 0.25) is 5.91 Å². The van der Waals surface area contributed by atoms with Gasteiger partial charge in [0.15, 0.2) is 0 Å². The Kier molecular flexibility index (Phi) is 4.01. The molecule has 1 unspecified atom stereocenters. The molecule has 2 fully saturated rings. The summed E-state index contributed by atoms with van der Waals surface area (Å²) in [6.45, 7) is 0. The summed E-state index contributed by atoms with van der Waals surface area (Å²) in [7, 11) is 0. The molecule has 2 aliphatic heterocycles. The molecule has 108 valence electrons. The molecule has 1 amide bonds. The van der Waals surface area contributed by atoms with Gasteiger partial charge in [-0.2, -0.15) is 0 Å². The number of nitrogens with zero attached hydrogens (tertiary/aromatic N) is 2. The van der Waals surface area contributed by atoms with Gasteiger partial charge in [0.1, 0.15) is 0 Å². The zero-order valence-corrected chi connectivity index (χ0v) is 11.7. The maximum atomic E-state index is 12.5. The Balaban J connectivity index is 1.62. The van der Waals surface area contributed by atoms with Crippen molar-refractivity contribution in [2.45, 2.75) is 63.1 Å². The molecule has 3 rings (SSSR count). The highest BCUT2D eigenvalue weighted by molar-refractivity contribution is 5.77. The van der Waals surface area contributed by atoms with Crippen molar-refractivity contribution >= 4 is 5.91 Å². The van der Waals surface area contributed by atoms with Crippen LogP contribution in [-0.2, 0) is 11.2 Å². The number of aromatic nitrogens is 1. The predicted molar refractivity (Wildman–Crippen MR) is 76.1 cm³/mol. The molecule has 0 saturated carbocycles. The number of piperidine rings is 2. The van der Waals surface area contributed by atoms with Gasteiger partial charge in [-0.25, -0.2) is 0 Å². The van der Waals surface area contributed by atoms with Gasteiger partial charge in [0.25, 0.3) is 0 Å². The minimum atomic E-state index is -0.215. The topological polar surface area (TPSA) is 53.4 Å². The Morgan fingerprint density at radius 3 is 2.75 bits per heavy atom. The molecule has 0 radical (unpaired) electrons. The lowest BCUT2D eigenvalue weighted by Crippen LogP contribution is -2.55. The SMILES string of the molecule is O=C(CCc1cccnc1)N1[C@@H]2CCC[C@H]1CC(O)C2. The second-order valence-electron chi connectivity index (χ2n) is 6.03. The van der Waals surface area contributed by atoms with Crippen LogP contribution in [0.2, 0.25) is 0 Å². The van der Waals surface area contributed by atoms with E-state index >= 15 is 0 Å². The number of pyridine rings is 1. The average molecular weight is 274 g/mol. The summed E-state index contributed by atoms with van der Waals surface area (Å²) in [6, 6.07) is 4.45. The van der Waals surface area contributed by atoms with E-state index in [0.717, 1.165) is 37.7 Å². The number of fused-ring (bicyclic) bond motifs is 2. The van der Waals surface area contributed by atoms with Crippen LogP contribution in [0.15, 0.2) is 24.5 Å². The molecule has 0 spiro atoms. The average Bonchev–Trinajstić information content (AvgIpc) is 2.45. The van der Waals surface area contributed by atoms with Crippen LogP contribution in [0.3, 0.4) is 0 Å². The van der Waals surface area contributed by atoms with Crippen LogP contribution in [0, 0.1) is 0 Å². The van der Waals surface area contributed by atoms with Crippen molar-refractivity contribution in [1.82, 2.24) is 9.88 Å². The van der Waals surface area contributed by atoms with E-state index in [1.54, 1.807) is 6.20 Å². The largest absolute Gasteiger partial charge is 0.393 e. The van der Waals surface area contributed by atoms with E-state index < -0.39 is 0 Å². The van der Waals surface area contributed by atoms with E-state index in [-0.39, 0.29) is 24.1 Å². The van der Waals surface area contributed by atoms with E-state index in [1.807, 2.05) is 18.3 Å². The first-order valence-corrected chi connectivity index (χ1v) is 7.62. The van der Waals surface area contributed by atoms with E-state index in [0.29, 0.717) is 6.42 Å². The standard InChI is InChI=1S/C16H22N2O2/c19-15-9-13-4-1-5-14(10-15)18(13)16(20)7-6-12-3-2-8-17-11-12/h2-3,8,11,13-15,19H,1,4-7,9-10H2/t13-,14+,15?. The van der Waals surface area contributed by atoms with E-state index in [2.05, 4.69) is 9.88 Å². The van der Waals surface area contributed by atoms with Crippen molar-refractivity contribution in [3.05, 3.63) is 30.1 Å². The lowest BCUT2D eigenvalue weighted by atomic mass is 9.82. The van der Waals surface area contributed by atoms with Crippen LogP contribution in [-0.4, -0.2) is 39.1 Å². The molecule has 0 aliphatic carbocycles. The molecular weight excluding hydrogens is 252 g/mol. The highest BCUT2D eigenvalue weighted by Gasteiger charge is 2.39. The first kappa shape index (κ1) is 13.6. The van der Waals surface area contributed by atoms with Crippen LogP contribution in [0.5, 0.6) is 0 Å². The Hall–Kier alpha value is -1.42. The number of aliphatic hydroxyl groups excluding tert-OH is 1. The van der Waals surface area contributed by atoms with Crippen LogP contribution >= 0.6 is 0 Å². The molecular formula is C16H22N2O2. The maximum Gasteiger partial charge on any atom is 0.223 e. The molecule has 20 heavy (non-hydrogen) atoms. The maximum absolute atomic E-state index is 12.5. The Bertz CT molecular complexity index is 449. The molecule has 0 aromatic carbocycles. The minimum absolute atomic E-state index is 0.215. The van der Waals surface area contributed by atoms with Gasteiger partial charge < -0.3 is 10.0 Å². The van der Waals surface area contributed by atoms with Crippen molar-refractivity contribution in [1.29, 1.82) is 0 Å². The summed E-state index contributed by atoms with van der Waals surface area (Å²) in [5.41, 5.74) is 1.11. The number of carbonyl (C=O) groups is 1. The smallest absolute Gasteiger partial charge is 0.223 e. The van der Waals surface area contributed by atoms with Gasteiger partial charge in [-0.05, 0) is 50.2 Å². The first-order valence-electron chi connectivity index (χ1n) is 7.62. The third-order valence-electron chi connectivity index (χ3n) is 4.59. The van der Waals surface area contributed by atoms with E-state index in [1.165, 1.54) is 6.42 Å². The molecule has 1 N–H and O–H groups in total. The van der Waals surface area contributed by atoms with Crippen molar-refractivity contribution in [3.8, 4) is 0 Å². The zero-order chi connectivity index (χ0) is 13.9. The number of amides is 1. The number of carbonyl (C=O) groups excluding carboxylic acids is 1. The van der Waals surface area contributed by atoms with Crippen molar-refractivity contribution in [2.75, 3.05) is 0 Å². The molecule has 3 atom stereocenters. The number of rotatable bonds is 3. The number of hydrogen-bond donors (Lipinski definition) is 1. The molecule has 2 saturated heterocycles. The third kappa shape index (κ3) is 2.85. The fraction of sp³-hybridized carbons (Fsp3) is 0.625. The normalized spacial score (nSPS) is 29.2. The van der Waals surface area contributed by atoms with E-state index in [4.69, 9.17) is 0 Å². The van der Waals surface area contributed by atoms with Crippen LogP contribution < -0.4 is 0 Å². The molecule has 2 aliphatic rings. The van der Waals surface area contributed by atoms with E-state index in [9.17, 15) is 9.90 Å². The monoisotopic (exact) mass is 274 g/mol. The Labute approximate surface area is 119 Å². The highest BCUT2D eigenvalue weighted by Crippen LogP contribution is 2.34. The van der Waals surface area contributed by atoms with Crippen LogP contribution in [0.25, 0.3) is 0 Å². The second kappa shape index (κ2) is 5.92. The summed E-state index contributed by atoms with van der Waals surface area (Å²) in [5.74, 6) is 0.246. The first-order chi connectivity index (χ1) is 9.74. The Morgan fingerprint density at radius 2 is 2.10 bits per heavy atom. The number of hydrogen-bond acceptors (Lipinski definition) is 3. The number of aliphatic hydroxyl groups is 1. The minimum Gasteiger partial charge on any atom is -0.393 e. The molecule has 1 aromatic heterocycles. The van der Waals surface area contributed by atoms with Crippen molar-refractivity contribution in [3.63, 3.8) is 0 Å². The Morgan fingerprint density at radius 1 is 1.35 bits per heavy atom. The lowest BCUT2D eigenvalue weighted by Gasteiger charge is -2.48. The summed E-state index contributed by atoms with van der Waals surface area (Å²) < 4.78 is 0.